The molecule has 1 aromatic heterocycles. The summed E-state index contributed by atoms with van der Waals surface area (Å²) in [5.41, 5.74) is -0.177. The van der Waals surface area contributed by atoms with Gasteiger partial charge in [0.25, 0.3) is 0 Å². The van der Waals surface area contributed by atoms with Crippen LogP contribution in [0.5, 0.6) is 5.75 Å². The van der Waals surface area contributed by atoms with Crippen molar-refractivity contribution in [2.45, 2.75) is 24.9 Å². The third-order valence-electron chi connectivity index (χ3n) is 4.21. The van der Waals surface area contributed by atoms with Gasteiger partial charge >= 0.3 is 6.18 Å². The Balaban J connectivity index is 1.58. The van der Waals surface area contributed by atoms with Gasteiger partial charge in [-0.2, -0.15) is 13.2 Å². The molecule has 1 heterocycles. The number of benzene rings is 2. The van der Waals surface area contributed by atoms with Crippen LogP contribution in [0.4, 0.5) is 18.9 Å². The van der Waals surface area contributed by atoms with Gasteiger partial charge in [-0.1, -0.05) is 42.1 Å². The monoisotopic (exact) mass is 436 g/mol. The molecule has 0 saturated heterocycles. The van der Waals surface area contributed by atoms with Gasteiger partial charge < -0.3 is 14.6 Å². The first kappa shape index (κ1) is 21.7. The number of para-hydroxylation sites is 2. The van der Waals surface area contributed by atoms with Crippen LogP contribution in [-0.4, -0.2) is 26.4 Å². The summed E-state index contributed by atoms with van der Waals surface area (Å²) >= 11 is 1.07. The van der Waals surface area contributed by atoms with E-state index in [1.807, 2.05) is 31.2 Å². The molecule has 0 saturated carbocycles. The Hall–Kier alpha value is -3.01. The van der Waals surface area contributed by atoms with Gasteiger partial charge in [0.15, 0.2) is 11.0 Å². The first-order chi connectivity index (χ1) is 14.3. The van der Waals surface area contributed by atoms with Crippen molar-refractivity contribution in [2.75, 3.05) is 11.1 Å². The molecule has 30 heavy (non-hydrogen) atoms. The van der Waals surface area contributed by atoms with E-state index in [2.05, 4.69) is 15.5 Å². The van der Waals surface area contributed by atoms with Gasteiger partial charge in [0, 0.05) is 7.05 Å². The van der Waals surface area contributed by atoms with Crippen LogP contribution in [-0.2, 0) is 24.6 Å². The smallest absolute Gasteiger partial charge is 0.418 e. The Bertz CT molecular complexity index is 1040. The number of nitrogens with one attached hydrogen (secondary N) is 1. The first-order valence-electron chi connectivity index (χ1n) is 8.91. The molecular weight excluding hydrogens is 417 g/mol. The van der Waals surface area contributed by atoms with Crippen molar-refractivity contribution in [3.05, 3.63) is 65.5 Å². The van der Waals surface area contributed by atoms with Crippen molar-refractivity contribution >= 4 is 23.4 Å². The summed E-state index contributed by atoms with van der Waals surface area (Å²) in [5.74, 6) is 0.606. The fourth-order valence-electron chi connectivity index (χ4n) is 2.61. The molecule has 3 aromatic rings. The van der Waals surface area contributed by atoms with Crippen LogP contribution in [0.3, 0.4) is 0 Å². The lowest BCUT2D eigenvalue weighted by Gasteiger charge is -2.13. The zero-order chi connectivity index (χ0) is 21.7. The molecule has 0 bridgehead atoms. The zero-order valence-corrected chi connectivity index (χ0v) is 17.0. The van der Waals surface area contributed by atoms with Gasteiger partial charge in [-0.05, 0) is 30.7 Å². The highest BCUT2D eigenvalue weighted by Crippen LogP contribution is 2.34. The molecule has 2 aromatic carbocycles. The fourth-order valence-corrected chi connectivity index (χ4v) is 3.34. The number of ether oxygens (including phenoxy) is 1. The van der Waals surface area contributed by atoms with E-state index in [1.54, 1.807) is 11.6 Å². The molecule has 0 aliphatic carbocycles. The molecule has 0 radical (unpaired) electrons. The van der Waals surface area contributed by atoms with E-state index in [4.69, 9.17) is 4.74 Å². The van der Waals surface area contributed by atoms with Crippen molar-refractivity contribution in [3.8, 4) is 5.75 Å². The van der Waals surface area contributed by atoms with Gasteiger partial charge in [0.2, 0.25) is 5.91 Å². The van der Waals surface area contributed by atoms with Gasteiger partial charge in [-0.3, -0.25) is 4.79 Å². The highest BCUT2D eigenvalue weighted by Gasteiger charge is 2.33. The highest BCUT2D eigenvalue weighted by molar-refractivity contribution is 7.99. The Morgan fingerprint density at radius 1 is 1.13 bits per heavy atom. The van der Waals surface area contributed by atoms with Crippen LogP contribution in [0.25, 0.3) is 0 Å². The highest BCUT2D eigenvalue weighted by atomic mass is 32.2. The zero-order valence-electron chi connectivity index (χ0n) is 16.2. The molecule has 0 atom stereocenters. The van der Waals surface area contributed by atoms with Crippen LogP contribution in [0.15, 0.2) is 53.7 Å². The lowest BCUT2D eigenvalue weighted by molar-refractivity contribution is -0.137. The molecule has 1 N–H and O–H groups in total. The Labute approximate surface area is 175 Å². The van der Waals surface area contributed by atoms with Gasteiger partial charge in [-0.15, -0.1) is 10.2 Å². The predicted octanol–water partition coefficient (Wildman–Crippen LogP) is 4.45. The van der Waals surface area contributed by atoms with Crippen molar-refractivity contribution in [1.29, 1.82) is 0 Å². The maximum atomic E-state index is 13.0. The SMILES string of the molecule is Cc1ccccc1OCc1nnc(SCC(=O)Nc2ccccc2C(F)(F)F)n1C. The van der Waals surface area contributed by atoms with Crippen LogP contribution in [0, 0.1) is 6.92 Å². The van der Waals surface area contributed by atoms with Crippen LogP contribution in [0.2, 0.25) is 0 Å². The predicted molar refractivity (Wildman–Crippen MR) is 107 cm³/mol. The van der Waals surface area contributed by atoms with E-state index >= 15 is 0 Å². The number of rotatable bonds is 7. The molecule has 0 spiro atoms. The van der Waals surface area contributed by atoms with Crippen molar-refractivity contribution in [3.63, 3.8) is 0 Å². The molecule has 0 aliphatic heterocycles. The Kier molecular flexibility index (Phi) is 6.66. The van der Waals surface area contributed by atoms with E-state index in [9.17, 15) is 18.0 Å². The average molecular weight is 436 g/mol. The van der Waals surface area contributed by atoms with E-state index in [0.29, 0.717) is 11.0 Å². The van der Waals surface area contributed by atoms with E-state index in [-0.39, 0.29) is 18.0 Å². The average Bonchev–Trinajstić information content (AvgIpc) is 3.05. The minimum Gasteiger partial charge on any atom is -0.485 e. The Morgan fingerprint density at radius 2 is 1.83 bits per heavy atom. The topological polar surface area (TPSA) is 69.0 Å². The van der Waals surface area contributed by atoms with Crippen LogP contribution < -0.4 is 10.1 Å². The minimum atomic E-state index is -4.55. The Morgan fingerprint density at radius 3 is 2.57 bits per heavy atom. The summed E-state index contributed by atoms with van der Waals surface area (Å²) in [6.45, 7) is 2.13. The number of alkyl halides is 3. The summed E-state index contributed by atoms with van der Waals surface area (Å²) in [4.78, 5) is 12.1. The lowest BCUT2D eigenvalue weighted by atomic mass is 10.1. The second-order valence-corrected chi connectivity index (χ2v) is 7.33. The van der Waals surface area contributed by atoms with Gasteiger partial charge in [-0.25, -0.2) is 0 Å². The van der Waals surface area contributed by atoms with E-state index in [1.165, 1.54) is 18.2 Å². The number of aryl methyl sites for hydroxylation is 1. The van der Waals surface area contributed by atoms with E-state index in [0.717, 1.165) is 29.1 Å². The largest absolute Gasteiger partial charge is 0.485 e. The molecule has 3 rings (SSSR count). The second kappa shape index (κ2) is 9.21. The van der Waals surface area contributed by atoms with Crippen molar-refractivity contribution in [2.24, 2.45) is 7.05 Å². The quantitative estimate of drug-likeness (QED) is 0.554. The molecule has 0 aliphatic rings. The summed E-state index contributed by atoms with van der Waals surface area (Å²) < 4.78 is 46.5. The maximum Gasteiger partial charge on any atom is 0.418 e. The number of halogens is 3. The lowest BCUT2D eigenvalue weighted by Crippen LogP contribution is -2.18. The molecule has 6 nitrogen and oxygen atoms in total. The molecule has 0 unspecified atom stereocenters. The number of carbonyl (C=O) groups excluding carboxylic acids is 1. The summed E-state index contributed by atoms with van der Waals surface area (Å²) in [6.07, 6.45) is -4.55. The summed E-state index contributed by atoms with van der Waals surface area (Å²) in [7, 11) is 1.73. The van der Waals surface area contributed by atoms with Crippen molar-refractivity contribution < 1.29 is 22.7 Å². The third kappa shape index (κ3) is 5.32. The molecular formula is C20H19F3N4O2S. The standard InChI is InChI=1S/C20H19F3N4O2S/c1-13-7-3-6-10-16(13)29-11-17-25-26-19(27(17)2)30-12-18(28)24-15-9-5-4-8-14(15)20(21,22)23/h3-10H,11-12H2,1-2H3,(H,24,28). The van der Waals surface area contributed by atoms with Crippen molar-refractivity contribution in [1.82, 2.24) is 14.8 Å². The third-order valence-corrected chi connectivity index (χ3v) is 5.23. The number of carbonyl (C=O) groups is 1. The summed E-state index contributed by atoms with van der Waals surface area (Å²) in [6, 6.07) is 12.4. The number of amides is 1. The number of hydrogen-bond acceptors (Lipinski definition) is 5. The minimum absolute atomic E-state index is 0.114. The first-order valence-corrected chi connectivity index (χ1v) is 9.90. The number of aromatic nitrogens is 3. The van der Waals surface area contributed by atoms with E-state index < -0.39 is 17.6 Å². The maximum absolute atomic E-state index is 13.0. The fraction of sp³-hybridized carbons (Fsp3) is 0.250. The molecule has 1 amide bonds. The van der Waals surface area contributed by atoms with Gasteiger partial charge in [0.1, 0.15) is 12.4 Å². The number of hydrogen-bond donors (Lipinski definition) is 1. The normalized spacial score (nSPS) is 11.4. The summed E-state index contributed by atoms with van der Waals surface area (Å²) in [5, 5.41) is 10.8. The molecule has 0 fully saturated rings. The molecule has 10 heteroatoms. The number of thioether (sulfide) groups is 1. The number of nitrogens with zero attached hydrogens (tertiary/aromatic N) is 3. The van der Waals surface area contributed by atoms with Crippen LogP contribution in [0.1, 0.15) is 17.0 Å². The molecule has 158 valence electrons. The second-order valence-electron chi connectivity index (χ2n) is 6.39. The van der Waals surface area contributed by atoms with Crippen LogP contribution >= 0.6 is 11.8 Å². The van der Waals surface area contributed by atoms with Gasteiger partial charge in [0.05, 0.1) is 17.0 Å². The number of anilines is 1.